The van der Waals surface area contributed by atoms with Gasteiger partial charge in [-0.25, -0.2) is 0 Å². The molecule has 0 aliphatic heterocycles. The average Bonchev–Trinajstić information content (AvgIpc) is 2.79. The van der Waals surface area contributed by atoms with Gasteiger partial charge in [-0.3, -0.25) is 0 Å². The van der Waals surface area contributed by atoms with Gasteiger partial charge in [-0.1, -0.05) is 13.8 Å². The molecule has 0 spiro atoms. The van der Waals surface area contributed by atoms with Crippen LogP contribution in [0.5, 0.6) is 0 Å². The molecule has 0 fully saturated rings. The maximum atomic E-state index is 5.44. The third kappa shape index (κ3) is 6.46. The minimum atomic E-state index is 0.515. The number of nitrogens with one attached hydrogen (secondary N) is 1. The SMILES string of the molecule is CCCOCCOCc1cc(CNCC)co1. The zero-order chi connectivity index (χ0) is 12.3. The van der Waals surface area contributed by atoms with Crippen molar-refractivity contribution in [3.05, 3.63) is 23.7 Å². The highest BCUT2D eigenvalue weighted by Crippen LogP contribution is 2.08. The van der Waals surface area contributed by atoms with Crippen molar-refractivity contribution in [3.63, 3.8) is 0 Å². The van der Waals surface area contributed by atoms with E-state index in [4.69, 9.17) is 13.9 Å². The lowest BCUT2D eigenvalue weighted by atomic mass is 10.3. The van der Waals surface area contributed by atoms with Gasteiger partial charge >= 0.3 is 0 Å². The van der Waals surface area contributed by atoms with Crippen LogP contribution in [0.15, 0.2) is 16.7 Å². The van der Waals surface area contributed by atoms with Crippen LogP contribution in [0.3, 0.4) is 0 Å². The molecule has 0 aromatic carbocycles. The van der Waals surface area contributed by atoms with Gasteiger partial charge in [-0.05, 0) is 19.0 Å². The van der Waals surface area contributed by atoms with Crippen molar-refractivity contribution in [1.29, 1.82) is 0 Å². The molecule has 1 heterocycles. The fourth-order valence-electron chi connectivity index (χ4n) is 1.40. The van der Waals surface area contributed by atoms with Crippen LogP contribution in [0.2, 0.25) is 0 Å². The zero-order valence-corrected chi connectivity index (χ0v) is 10.8. The molecule has 0 saturated carbocycles. The molecule has 1 aromatic rings. The average molecular weight is 241 g/mol. The standard InChI is InChI=1S/C13H23NO3/c1-3-5-15-6-7-16-11-13-8-12(10-17-13)9-14-4-2/h8,10,14H,3-7,9,11H2,1-2H3. The first-order valence-corrected chi connectivity index (χ1v) is 6.29. The highest BCUT2D eigenvalue weighted by molar-refractivity contribution is 5.11. The Morgan fingerprint density at radius 1 is 1.18 bits per heavy atom. The molecule has 17 heavy (non-hydrogen) atoms. The van der Waals surface area contributed by atoms with Gasteiger partial charge in [0, 0.05) is 18.7 Å². The summed E-state index contributed by atoms with van der Waals surface area (Å²) < 4.78 is 16.1. The highest BCUT2D eigenvalue weighted by atomic mass is 16.5. The fourth-order valence-corrected chi connectivity index (χ4v) is 1.40. The fraction of sp³-hybridized carbons (Fsp3) is 0.692. The van der Waals surface area contributed by atoms with E-state index in [1.54, 1.807) is 6.26 Å². The van der Waals surface area contributed by atoms with E-state index >= 15 is 0 Å². The summed E-state index contributed by atoms with van der Waals surface area (Å²) in [5.41, 5.74) is 1.16. The molecule has 0 unspecified atom stereocenters. The van der Waals surface area contributed by atoms with E-state index in [-0.39, 0.29) is 0 Å². The first kappa shape index (κ1) is 14.2. The highest BCUT2D eigenvalue weighted by Gasteiger charge is 2.01. The monoisotopic (exact) mass is 241 g/mol. The smallest absolute Gasteiger partial charge is 0.129 e. The summed E-state index contributed by atoms with van der Waals surface area (Å²) >= 11 is 0. The van der Waals surface area contributed by atoms with Crippen molar-refractivity contribution < 1.29 is 13.9 Å². The van der Waals surface area contributed by atoms with E-state index in [1.807, 2.05) is 6.07 Å². The van der Waals surface area contributed by atoms with Gasteiger partial charge in [0.15, 0.2) is 0 Å². The summed E-state index contributed by atoms with van der Waals surface area (Å²) in [5, 5.41) is 3.25. The molecule has 0 aliphatic carbocycles. The van der Waals surface area contributed by atoms with Crippen molar-refractivity contribution >= 4 is 0 Å². The number of hydrogen-bond donors (Lipinski definition) is 1. The van der Waals surface area contributed by atoms with Crippen LogP contribution in [-0.4, -0.2) is 26.4 Å². The summed E-state index contributed by atoms with van der Waals surface area (Å²) in [5.74, 6) is 0.869. The van der Waals surface area contributed by atoms with Gasteiger partial charge in [0.25, 0.3) is 0 Å². The van der Waals surface area contributed by atoms with Crippen LogP contribution in [0.4, 0.5) is 0 Å². The quantitative estimate of drug-likeness (QED) is 0.638. The Bertz CT molecular complexity index is 286. The van der Waals surface area contributed by atoms with Crippen LogP contribution in [0.1, 0.15) is 31.6 Å². The van der Waals surface area contributed by atoms with Gasteiger partial charge in [0.1, 0.15) is 12.4 Å². The Kier molecular flexibility index (Phi) is 7.71. The maximum absolute atomic E-state index is 5.44. The maximum Gasteiger partial charge on any atom is 0.129 e. The molecule has 0 saturated heterocycles. The van der Waals surface area contributed by atoms with Crippen LogP contribution < -0.4 is 5.32 Å². The van der Waals surface area contributed by atoms with Gasteiger partial charge in [0.2, 0.25) is 0 Å². The molecule has 4 nitrogen and oxygen atoms in total. The second kappa shape index (κ2) is 9.22. The van der Waals surface area contributed by atoms with Crippen LogP contribution in [0, 0.1) is 0 Å². The van der Waals surface area contributed by atoms with Crippen molar-refractivity contribution in [2.75, 3.05) is 26.4 Å². The molecular weight excluding hydrogens is 218 g/mol. The molecule has 0 bridgehead atoms. The summed E-state index contributed by atoms with van der Waals surface area (Å²) in [6.45, 7) is 8.57. The Balaban J connectivity index is 2.08. The third-order valence-electron chi connectivity index (χ3n) is 2.25. The van der Waals surface area contributed by atoms with Crippen molar-refractivity contribution in [2.24, 2.45) is 0 Å². The molecule has 4 heteroatoms. The van der Waals surface area contributed by atoms with E-state index < -0.39 is 0 Å². The zero-order valence-electron chi connectivity index (χ0n) is 10.8. The first-order valence-electron chi connectivity index (χ1n) is 6.29. The van der Waals surface area contributed by atoms with Crippen molar-refractivity contribution in [1.82, 2.24) is 5.32 Å². The molecule has 0 atom stereocenters. The Morgan fingerprint density at radius 2 is 2.00 bits per heavy atom. The van der Waals surface area contributed by atoms with Crippen molar-refractivity contribution in [3.8, 4) is 0 Å². The van der Waals surface area contributed by atoms with Gasteiger partial charge in [0.05, 0.1) is 19.5 Å². The molecule has 0 aliphatic rings. The van der Waals surface area contributed by atoms with E-state index in [0.717, 1.165) is 37.4 Å². The van der Waals surface area contributed by atoms with Gasteiger partial charge < -0.3 is 19.2 Å². The minimum absolute atomic E-state index is 0.515. The summed E-state index contributed by atoms with van der Waals surface area (Å²) in [4.78, 5) is 0. The van der Waals surface area contributed by atoms with E-state index in [0.29, 0.717) is 19.8 Å². The molecular formula is C13H23NO3. The summed E-state index contributed by atoms with van der Waals surface area (Å²) in [6.07, 6.45) is 2.82. The lowest BCUT2D eigenvalue weighted by Crippen LogP contribution is -2.10. The topological polar surface area (TPSA) is 43.6 Å². The summed E-state index contributed by atoms with van der Waals surface area (Å²) in [6, 6.07) is 2.02. The van der Waals surface area contributed by atoms with E-state index in [2.05, 4.69) is 19.2 Å². The Morgan fingerprint density at radius 3 is 2.76 bits per heavy atom. The lowest BCUT2D eigenvalue weighted by Gasteiger charge is -2.02. The predicted molar refractivity (Wildman–Crippen MR) is 66.9 cm³/mol. The number of furan rings is 1. The second-order valence-corrected chi connectivity index (χ2v) is 3.87. The Hall–Kier alpha value is -0.840. The van der Waals surface area contributed by atoms with Crippen LogP contribution in [-0.2, 0) is 22.6 Å². The number of ether oxygens (including phenoxy) is 2. The largest absolute Gasteiger partial charge is 0.467 e. The first-order chi connectivity index (χ1) is 8.36. The molecule has 0 radical (unpaired) electrons. The molecule has 1 aromatic heterocycles. The minimum Gasteiger partial charge on any atom is -0.467 e. The second-order valence-electron chi connectivity index (χ2n) is 3.87. The third-order valence-corrected chi connectivity index (χ3v) is 2.25. The van der Waals surface area contributed by atoms with E-state index in [1.165, 1.54) is 0 Å². The van der Waals surface area contributed by atoms with Gasteiger partial charge in [-0.15, -0.1) is 0 Å². The van der Waals surface area contributed by atoms with E-state index in [9.17, 15) is 0 Å². The molecule has 1 N–H and O–H groups in total. The number of rotatable bonds is 10. The van der Waals surface area contributed by atoms with Gasteiger partial charge in [-0.2, -0.15) is 0 Å². The Labute approximate surface area is 103 Å². The van der Waals surface area contributed by atoms with Crippen LogP contribution in [0.25, 0.3) is 0 Å². The summed E-state index contributed by atoms with van der Waals surface area (Å²) in [7, 11) is 0. The lowest BCUT2D eigenvalue weighted by molar-refractivity contribution is 0.0350. The number of hydrogen-bond acceptors (Lipinski definition) is 4. The van der Waals surface area contributed by atoms with Crippen molar-refractivity contribution in [2.45, 2.75) is 33.4 Å². The molecule has 1 rings (SSSR count). The molecule has 0 amide bonds. The predicted octanol–water partition coefficient (Wildman–Crippen LogP) is 2.33. The normalized spacial score (nSPS) is 10.9. The molecule has 98 valence electrons. The van der Waals surface area contributed by atoms with Crippen LogP contribution >= 0.6 is 0 Å².